The molecule has 1 saturated heterocycles. The number of ether oxygens (including phenoxy) is 1. The van der Waals surface area contributed by atoms with Crippen molar-refractivity contribution in [2.75, 3.05) is 25.1 Å². The summed E-state index contributed by atoms with van der Waals surface area (Å²) in [5.41, 5.74) is 7.19. The zero-order valence-electron chi connectivity index (χ0n) is 21.3. The van der Waals surface area contributed by atoms with Gasteiger partial charge in [0.25, 0.3) is 5.91 Å². The summed E-state index contributed by atoms with van der Waals surface area (Å²) in [5.74, 6) is 1.25. The molecule has 1 aliphatic rings. The summed E-state index contributed by atoms with van der Waals surface area (Å²) in [5, 5.41) is 3.08. The Kier molecular flexibility index (Phi) is 6.94. The largest absolute Gasteiger partial charge is 0.497 e. The molecular weight excluding hydrogens is 448 g/mol. The highest BCUT2D eigenvalue weighted by Gasteiger charge is 2.21. The van der Waals surface area contributed by atoms with Crippen LogP contribution in [0.15, 0.2) is 66.9 Å². The molecule has 0 radical (unpaired) electrons. The third-order valence-electron chi connectivity index (χ3n) is 7.25. The molecule has 5 rings (SSSR count). The molecule has 0 spiro atoms. The van der Waals surface area contributed by atoms with Crippen LogP contribution < -0.4 is 15.0 Å². The fourth-order valence-corrected chi connectivity index (χ4v) is 5.09. The van der Waals surface area contributed by atoms with Crippen LogP contribution in [0, 0.1) is 6.92 Å². The zero-order chi connectivity index (χ0) is 25.1. The molecule has 1 fully saturated rings. The number of hydrogen-bond acceptors (Lipinski definition) is 4. The minimum atomic E-state index is -0.119. The van der Waals surface area contributed by atoms with Crippen LogP contribution in [0.2, 0.25) is 0 Å². The summed E-state index contributed by atoms with van der Waals surface area (Å²) in [6.45, 7) is 6.75. The van der Waals surface area contributed by atoms with Gasteiger partial charge in [0.15, 0.2) is 0 Å². The first kappa shape index (κ1) is 23.9. The van der Waals surface area contributed by atoms with Crippen molar-refractivity contribution >= 4 is 17.2 Å². The van der Waals surface area contributed by atoms with Crippen LogP contribution in [-0.2, 0) is 13.0 Å². The molecule has 0 unspecified atom stereocenters. The van der Waals surface area contributed by atoms with Gasteiger partial charge in [-0.2, -0.15) is 0 Å². The summed E-state index contributed by atoms with van der Waals surface area (Å²) < 4.78 is 7.13. The van der Waals surface area contributed by atoms with E-state index in [9.17, 15) is 4.79 Å². The summed E-state index contributed by atoms with van der Waals surface area (Å²) in [7, 11) is 1.63. The average molecular weight is 483 g/mol. The molecule has 1 aliphatic heterocycles. The molecule has 0 aliphatic carbocycles. The molecule has 0 saturated carbocycles. The van der Waals surface area contributed by atoms with Gasteiger partial charge in [-0.05, 0) is 61.4 Å². The van der Waals surface area contributed by atoms with E-state index in [4.69, 9.17) is 4.74 Å². The van der Waals surface area contributed by atoms with Gasteiger partial charge in [-0.25, -0.2) is 4.98 Å². The van der Waals surface area contributed by atoms with Crippen LogP contribution in [0.1, 0.15) is 58.6 Å². The number of anilines is 1. The van der Waals surface area contributed by atoms with E-state index < -0.39 is 0 Å². The van der Waals surface area contributed by atoms with E-state index in [0.717, 1.165) is 30.1 Å². The number of piperidine rings is 1. The first-order chi connectivity index (χ1) is 17.6. The number of hydrogen-bond donors (Lipinski definition) is 1. The SMILES string of the molecule is CCc1nc2cc(OC)ccn2c1C(=O)NCc1ccc(N2CCC(c3ccc(C)cc3)CC2)cc1. The Morgan fingerprint density at radius 1 is 1.06 bits per heavy atom. The third kappa shape index (κ3) is 4.94. The molecule has 2 aromatic heterocycles. The number of pyridine rings is 1. The second kappa shape index (κ2) is 10.4. The van der Waals surface area contributed by atoms with E-state index in [1.165, 1.54) is 29.7 Å². The van der Waals surface area contributed by atoms with Crippen molar-refractivity contribution in [3.63, 3.8) is 0 Å². The van der Waals surface area contributed by atoms with Crippen molar-refractivity contribution in [1.29, 1.82) is 0 Å². The lowest BCUT2D eigenvalue weighted by Gasteiger charge is -2.34. The number of benzene rings is 2. The number of imidazole rings is 1. The minimum Gasteiger partial charge on any atom is -0.497 e. The van der Waals surface area contributed by atoms with Gasteiger partial charge >= 0.3 is 0 Å². The van der Waals surface area contributed by atoms with Crippen molar-refractivity contribution in [3.05, 3.63) is 94.9 Å². The molecule has 6 nitrogen and oxygen atoms in total. The molecular formula is C30H34N4O2. The van der Waals surface area contributed by atoms with Crippen molar-refractivity contribution in [2.45, 2.75) is 45.6 Å². The highest BCUT2D eigenvalue weighted by molar-refractivity contribution is 5.94. The Morgan fingerprint density at radius 3 is 2.44 bits per heavy atom. The quantitative estimate of drug-likeness (QED) is 0.376. The van der Waals surface area contributed by atoms with Gasteiger partial charge in [-0.3, -0.25) is 9.20 Å². The molecule has 2 aromatic carbocycles. The number of carbonyl (C=O) groups excluding carboxylic acids is 1. The summed E-state index contributed by atoms with van der Waals surface area (Å²) in [6, 6.07) is 21.3. The number of rotatable bonds is 7. The minimum absolute atomic E-state index is 0.119. The summed E-state index contributed by atoms with van der Waals surface area (Å²) >= 11 is 0. The Balaban J connectivity index is 1.19. The first-order valence-corrected chi connectivity index (χ1v) is 12.8. The highest BCUT2D eigenvalue weighted by Crippen LogP contribution is 2.30. The third-order valence-corrected chi connectivity index (χ3v) is 7.25. The standard InChI is InChI=1S/C30H34N4O2/c1-4-27-29(34-18-15-26(36-3)19-28(34)32-27)30(35)31-20-22-7-11-25(12-8-22)33-16-13-24(14-17-33)23-9-5-21(2)6-10-23/h5-12,15,18-19,24H,4,13-14,16-17,20H2,1-3H3,(H,31,35). The lowest BCUT2D eigenvalue weighted by atomic mass is 9.89. The van der Waals surface area contributed by atoms with E-state index in [2.05, 4.69) is 70.7 Å². The average Bonchev–Trinajstić information content (AvgIpc) is 3.30. The van der Waals surface area contributed by atoms with Gasteiger partial charge in [0.05, 0.1) is 12.8 Å². The molecule has 0 bridgehead atoms. The van der Waals surface area contributed by atoms with E-state index in [0.29, 0.717) is 30.2 Å². The smallest absolute Gasteiger partial charge is 0.270 e. The summed E-state index contributed by atoms with van der Waals surface area (Å²) in [4.78, 5) is 20.2. The number of aromatic nitrogens is 2. The van der Waals surface area contributed by atoms with Crippen LogP contribution in [0.5, 0.6) is 5.75 Å². The van der Waals surface area contributed by atoms with Crippen LogP contribution in [-0.4, -0.2) is 35.5 Å². The van der Waals surface area contributed by atoms with Gasteiger partial charge in [0.2, 0.25) is 0 Å². The van der Waals surface area contributed by atoms with Crippen LogP contribution >= 0.6 is 0 Å². The Labute approximate surface area is 212 Å². The zero-order valence-corrected chi connectivity index (χ0v) is 21.3. The predicted molar refractivity (Wildman–Crippen MR) is 144 cm³/mol. The fraction of sp³-hybridized carbons (Fsp3) is 0.333. The maximum atomic E-state index is 13.1. The van der Waals surface area contributed by atoms with Gasteiger partial charge in [0.1, 0.15) is 17.1 Å². The van der Waals surface area contributed by atoms with Crippen molar-refractivity contribution in [2.24, 2.45) is 0 Å². The molecule has 0 atom stereocenters. The van der Waals surface area contributed by atoms with Crippen LogP contribution in [0.4, 0.5) is 5.69 Å². The monoisotopic (exact) mass is 482 g/mol. The number of nitrogens with one attached hydrogen (secondary N) is 1. The maximum absolute atomic E-state index is 13.1. The van der Waals surface area contributed by atoms with Crippen LogP contribution in [0.25, 0.3) is 5.65 Å². The second-order valence-corrected chi connectivity index (χ2v) is 9.58. The molecule has 1 N–H and O–H groups in total. The fourth-order valence-electron chi connectivity index (χ4n) is 5.09. The molecule has 36 heavy (non-hydrogen) atoms. The van der Waals surface area contributed by atoms with Crippen molar-refractivity contribution in [1.82, 2.24) is 14.7 Å². The number of amides is 1. The number of aryl methyl sites for hydroxylation is 2. The van der Waals surface area contributed by atoms with Gasteiger partial charge in [0, 0.05) is 37.6 Å². The molecule has 3 heterocycles. The van der Waals surface area contributed by atoms with Crippen molar-refractivity contribution in [3.8, 4) is 5.75 Å². The van der Waals surface area contributed by atoms with Crippen molar-refractivity contribution < 1.29 is 9.53 Å². The van der Waals surface area contributed by atoms with Gasteiger partial charge in [-0.1, -0.05) is 48.9 Å². The highest BCUT2D eigenvalue weighted by atomic mass is 16.5. The number of fused-ring (bicyclic) bond motifs is 1. The Bertz CT molecular complexity index is 1330. The number of methoxy groups -OCH3 is 1. The topological polar surface area (TPSA) is 58.9 Å². The molecule has 4 aromatic rings. The Morgan fingerprint density at radius 2 is 1.78 bits per heavy atom. The van der Waals surface area contributed by atoms with E-state index >= 15 is 0 Å². The second-order valence-electron chi connectivity index (χ2n) is 9.58. The van der Waals surface area contributed by atoms with E-state index in [1.807, 2.05) is 29.7 Å². The number of carbonyl (C=O) groups is 1. The molecule has 1 amide bonds. The Hall–Kier alpha value is -3.80. The lowest BCUT2D eigenvalue weighted by molar-refractivity contribution is 0.0944. The maximum Gasteiger partial charge on any atom is 0.270 e. The normalized spacial score (nSPS) is 14.2. The molecule has 186 valence electrons. The summed E-state index contributed by atoms with van der Waals surface area (Å²) in [6.07, 6.45) is 4.87. The van der Waals surface area contributed by atoms with E-state index in [-0.39, 0.29) is 5.91 Å². The lowest BCUT2D eigenvalue weighted by Crippen LogP contribution is -2.32. The van der Waals surface area contributed by atoms with E-state index in [1.54, 1.807) is 7.11 Å². The predicted octanol–water partition coefficient (Wildman–Crippen LogP) is 5.53. The van der Waals surface area contributed by atoms with Crippen LogP contribution in [0.3, 0.4) is 0 Å². The number of nitrogens with zero attached hydrogens (tertiary/aromatic N) is 3. The van der Waals surface area contributed by atoms with Gasteiger partial charge in [-0.15, -0.1) is 0 Å². The molecule has 6 heteroatoms. The first-order valence-electron chi connectivity index (χ1n) is 12.8. The van der Waals surface area contributed by atoms with Gasteiger partial charge < -0.3 is 15.0 Å².